The molecule has 1 aliphatic rings. The Labute approximate surface area is 191 Å². The maximum atomic E-state index is 12.9. The summed E-state index contributed by atoms with van der Waals surface area (Å²) in [6.45, 7) is 3.66. The van der Waals surface area contributed by atoms with E-state index in [1.165, 1.54) is 12.4 Å². The van der Waals surface area contributed by atoms with Crippen molar-refractivity contribution in [2.75, 3.05) is 10.6 Å². The highest BCUT2D eigenvalue weighted by Crippen LogP contribution is 2.39. The number of fused-ring (bicyclic) bond motifs is 1. The smallest absolute Gasteiger partial charge is 0.323 e. The van der Waals surface area contributed by atoms with E-state index in [0.717, 1.165) is 16.7 Å². The van der Waals surface area contributed by atoms with Gasteiger partial charge in [-0.1, -0.05) is 31.2 Å². The van der Waals surface area contributed by atoms with E-state index in [-0.39, 0.29) is 12.2 Å². The van der Waals surface area contributed by atoms with Crippen LogP contribution in [0.4, 0.5) is 16.2 Å². The summed E-state index contributed by atoms with van der Waals surface area (Å²) < 4.78 is 0. The van der Waals surface area contributed by atoms with Crippen molar-refractivity contribution < 1.29 is 19.5 Å². The fraction of sp³-hybridized carbons (Fsp3) is 0.240. The van der Waals surface area contributed by atoms with Crippen molar-refractivity contribution in [2.24, 2.45) is 5.41 Å². The Kier molecular flexibility index (Phi) is 5.91. The van der Waals surface area contributed by atoms with Crippen LogP contribution in [0.2, 0.25) is 0 Å². The van der Waals surface area contributed by atoms with E-state index in [1.807, 2.05) is 31.2 Å². The Bertz CT molecular complexity index is 1240. The number of anilines is 2. The molecule has 0 saturated carbocycles. The zero-order valence-corrected chi connectivity index (χ0v) is 18.4. The fourth-order valence-corrected chi connectivity index (χ4v) is 4.07. The van der Waals surface area contributed by atoms with Crippen molar-refractivity contribution in [1.82, 2.24) is 9.97 Å². The first kappa shape index (κ1) is 22.1. The largest absolute Gasteiger partial charge is 0.481 e. The highest BCUT2D eigenvalue weighted by atomic mass is 16.4. The molecule has 3 aromatic rings. The number of carbonyl (C=O) groups is 3. The number of amides is 2. The summed E-state index contributed by atoms with van der Waals surface area (Å²) in [5.41, 5.74) is 3.46. The number of carbonyl (C=O) groups excluding carboxylic acids is 2. The van der Waals surface area contributed by atoms with Gasteiger partial charge in [0.15, 0.2) is 11.6 Å². The van der Waals surface area contributed by atoms with Crippen LogP contribution in [0.1, 0.15) is 41.3 Å². The standard InChI is InChI=1S/C25H24N4O4/c1-15-4-3-5-18(10-15)28-24(33)29-19-13-26-23(27-14-19)17-6-7-20-16(11-17)8-9-25(2,22(20)32)12-21(30)31/h3-7,10-11,13-14H,8-9,12H2,1-2H3,(H,30,31)(H2,28,29,33). The SMILES string of the molecule is Cc1cccc(NC(=O)Nc2cnc(-c3ccc4c(c3)CCC(C)(CC(=O)O)C4=O)nc2)c1. The first-order valence-corrected chi connectivity index (χ1v) is 10.6. The molecule has 0 radical (unpaired) electrons. The van der Waals surface area contributed by atoms with Crippen molar-refractivity contribution >= 4 is 29.2 Å². The number of aromatic nitrogens is 2. The van der Waals surface area contributed by atoms with Crippen LogP contribution in [0.15, 0.2) is 54.9 Å². The van der Waals surface area contributed by atoms with Crippen molar-refractivity contribution in [3.63, 3.8) is 0 Å². The lowest BCUT2D eigenvalue weighted by Gasteiger charge is -2.32. The summed E-state index contributed by atoms with van der Waals surface area (Å²) in [4.78, 5) is 44.9. The van der Waals surface area contributed by atoms with E-state index in [4.69, 9.17) is 5.11 Å². The molecule has 1 atom stereocenters. The van der Waals surface area contributed by atoms with Crippen molar-refractivity contribution in [2.45, 2.75) is 33.1 Å². The summed E-state index contributed by atoms with van der Waals surface area (Å²) in [7, 11) is 0. The number of nitrogens with one attached hydrogen (secondary N) is 2. The topological polar surface area (TPSA) is 121 Å². The zero-order chi connectivity index (χ0) is 23.6. The predicted octanol–water partition coefficient (Wildman–Crippen LogP) is 4.71. The number of hydrogen-bond acceptors (Lipinski definition) is 5. The number of rotatable bonds is 5. The third-order valence-electron chi connectivity index (χ3n) is 5.83. The van der Waals surface area contributed by atoms with Gasteiger partial charge in [0.1, 0.15) is 0 Å². The lowest BCUT2D eigenvalue weighted by molar-refractivity contribution is -0.139. The molecule has 168 valence electrons. The molecule has 0 fully saturated rings. The van der Waals surface area contributed by atoms with Gasteiger partial charge in [-0.05, 0) is 49.1 Å². The molecule has 1 aromatic heterocycles. The van der Waals surface area contributed by atoms with E-state index >= 15 is 0 Å². The Hall–Kier alpha value is -4.07. The van der Waals surface area contributed by atoms with Gasteiger partial charge in [-0.15, -0.1) is 0 Å². The average Bonchev–Trinajstić information content (AvgIpc) is 2.76. The van der Waals surface area contributed by atoms with Crippen LogP contribution in [-0.4, -0.2) is 32.9 Å². The molecule has 1 aliphatic carbocycles. The second-order valence-corrected chi connectivity index (χ2v) is 8.58. The van der Waals surface area contributed by atoms with Gasteiger partial charge in [-0.25, -0.2) is 14.8 Å². The number of carboxylic acids is 1. The van der Waals surface area contributed by atoms with Crippen LogP contribution in [-0.2, 0) is 11.2 Å². The molecule has 2 aromatic carbocycles. The highest BCUT2D eigenvalue weighted by molar-refractivity contribution is 6.04. The number of urea groups is 1. The quantitative estimate of drug-likeness (QED) is 0.524. The molecule has 0 bridgehead atoms. The highest BCUT2D eigenvalue weighted by Gasteiger charge is 2.40. The summed E-state index contributed by atoms with van der Waals surface area (Å²) in [6, 6.07) is 12.4. The van der Waals surface area contributed by atoms with Gasteiger partial charge < -0.3 is 15.7 Å². The van der Waals surface area contributed by atoms with Crippen LogP contribution in [0.3, 0.4) is 0 Å². The molecule has 33 heavy (non-hydrogen) atoms. The van der Waals surface area contributed by atoms with Crippen molar-refractivity contribution in [3.05, 3.63) is 71.5 Å². The van der Waals surface area contributed by atoms with E-state index < -0.39 is 17.4 Å². The van der Waals surface area contributed by atoms with E-state index in [1.54, 1.807) is 25.1 Å². The van der Waals surface area contributed by atoms with E-state index in [0.29, 0.717) is 35.6 Å². The first-order valence-electron chi connectivity index (χ1n) is 10.6. The van der Waals surface area contributed by atoms with Crippen LogP contribution in [0.25, 0.3) is 11.4 Å². The minimum atomic E-state index is -0.972. The average molecular weight is 444 g/mol. The molecule has 0 saturated heterocycles. The second kappa shape index (κ2) is 8.82. The molecular weight excluding hydrogens is 420 g/mol. The molecule has 8 nitrogen and oxygen atoms in total. The van der Waals surface area contributed by atoms with Gasteiger partial charge in [0, 0.05) is 22.2 Å². The molecule has 2 amide bonds. The number of aryl methyl sites for hydroxylation is 2. The van der Waals surface area contributed by atoms with Crippen LogP contribution in [0.5, 0.6) is 0 Å². The summed E-state index contributed by atoms with van der Waals surface area (Å²) in [5.74, 6) is -0.646. The first-order chi connectivity index (χ1) is 15.7. The minimum absolute atomic E-state index is 0.141. The van der Waals surface area contributed by atoms with Gasteiger partial charge >= 0.3 is 12.0 Å². The number of nitrogens with zero attached hydrogens (tertiary/aromatic N) is 2. The number of ketones is 1. The van der Waals surface area contributed by atoms with E-state index in [9.17, 15) is 14.4 Å². The second-order valence-electron chi connectivity index (χ2n) is 8.58. The monoisotopic (exact) mass is 444 g/mol. The molecular formula is C25H24N4O4. The maximum Gasteiger partial charge on any atom is 0.323 e. The predicted molar refractivity (Wildman–Crippen MR) is 124 cm³/mol. The zero-order valence-electron chi connectivity index (χ0n) is 18.4. The number of Topliss-reactive ketones (excluding diaryl/α,β-unsaturated/α-hetero) is 1. The summed E-state index contributed by atoms with van der Waals surface area (Å²) in [5, 5.41) is 14.6. The van der Waals surface area contributed by atoms with Crippen LogP contribution in [0, 0.1) is 12.3 Å². The van der Waals surface area contributed by atoms with E-state index in [2.05, 4.69) is 20.6 Å². The number of aliphatic carboxylic acids is 1. The minimum Gasteiger partial charge on any atom is -0.481 e. The Morgan fingerprint density at radius 1 is 1.06 bits per heavy atom. The van der Waals surface area contributed by atoms with Gasteiger partial charge in [-0.2, -0.15) is 0 Å². The van der Waals surface area contributed by atoms with Crippen molar-refractivity contribution in [1.29, 1.82) is 0 Å². The molecule has 1 unspecified atom stereocenters. The van der Waals surface area contributed by atoms with Gasteiger partial charge in [0.2, 0.25) is 0 Å². The number of carboxylic acid groups (broad SMARTS) is 1. The maximum absolute atomic E-state index is 12.9. The summed E-state index contributed by atoms with van der Waals surface area (Å²) in [6.07, 6.45) is 3.95. The van der Waals surface area contributed by atoms with Gasteiger partial charge in [0.05, 0.1) is 24.5 Å². The normalized spacial score (nSPS) is 17.2. The van der Waals surface area contributed by atoms with Gasteiger partial charge in [0.25, 0.3) is 0 Å². The lowest BCUT2D eigenvalue weighted by Crippen LogP contribution is -2.35. The summed E-state index contributed by atoms with van der Waals surface area (Å²) >= 11 is 0. The molecule has 4 rings (SSSR count). The van der Waals surface area contributed by atoms with Gasteiger partial charge in [-0.3, -0.25) is 9.59 Å². The lowest BCUT2D eigenvalue weighted by atomic mass is 9.69. The Balaban J connectivity index is 1.46. The Morgan fingerprint density at radius 2 is 1.79 bits per heavy atom. The Morgan fingerprint density at radius 3 is 2.48 bits per heavy atom. The molecule has 0 aliphatic heterocycles. The number of benzene rings is 2. The molecule has 0 spiro atoms. The van der Waals surface area contributed by atoms with Crippen LogP contribution >= 0.6 is 0 Å². The van der Waals surface area contributed by atoms with Crippen LogP contribution < -0.4 is 10.6 Å². The third kappa shape index (κ3) is 4.90. The molecule has 8 heteroatoms. The molecule has 3 N–H and O–H groups in total. The van der Waals surface area contributed by atoms with Crippen molar-refractivity contribution in [3.8, 4) is 11.4 Å². The number of hydrogen-bond donors (Lipinski definition) is 3. The fourth-order valence-electron chi connectivity index (χ4n) is 4.07. The third-order valence-corrected chi connectivity index (χ3v) is 5.83. The molecule has 1 heterocycles.